The zero-order chi connectivity index (χ0) is 17.5. The van der Waals surface area contributed by atoms with E-state index in [-0.39, 0.29) is 40.9 Å². The van der Waals surface area contributed by atoms with E-state index in [1.54, 1.807) is 0 Å². The number of rotatable bonds is 0. The topological polar surface area (TPSA) is 41.9 Å². The Kier molecular flexibility index (Phi) is 2.64. The van der Waals surface area contributed by atoms with E-state index in [9.17, 15) is 5.11 Å². The highest BCUT2D eigenvalue weighted by Crippen LogP contribution is 2.79. The molecule has 1 N–H and O–H groups in total. The Labute approximate surface area is 155 Å². The van der Waals surface area contributed by atoms with E-state index in [2.05, 4.69) is 18.4 Å². The molecule has 5 saturated carbocycles. The number of piperidine rings is 1. The monoisotopic (exact) mass is 357 g/mol. The van der Waals surface area contributed by atoms with Crippen LogP contribution in [0.15, 0.2) is 12.2 Å². The standard InChI is InChI=1S/C22H31NO3/c1-12-13-4-7-22(17(12)24)15(10-13)21-6-3-5-20(2)14(21)11-16(22)26-19(21)23-8-9-25-18(20)23/h13-19,24H,1,3-11H2,2H3. The Morgan fingerprint density at radius 3 is 2.88 bits per heavy atom. The lowest BCUT2D eigenvalue weighted by atomic mass is 9.32. The van der Waals surface area contributed by atoms with Gasteiger partial charge in [-0.05, 0) is 61.9 Å². The highest BCUT2D eigenvalue weighted by Gasteiger charge is 2.80. The molecule has 0 aromatic rings. The normalized spacial score (nSPS) is 65.2. The Bertz CT molecular complexity index is 710. The van der Waals surface area contributed by atoms with Crippen LogP contribution in [0.2, 0.25) is 0 Å². The molecular formula is C22H31NO3. The molecule has 4 heteroatoms. The zero-order valence-electron chi connectivity index (χ0n) is 15.8. The molecule has 9 rings (SSSR count). The average Bonchev–Trinajstić information content (AvgIpc) is 3.14. The quantitative estimate of drug-likeness (QED) is 0.677. The van der Waals surface area contributed by atoms with Gasteiger partial charge in [0.05, 0.1) is 18.8 Å². The van der Waals surface area contributed by atoms with Gasteiger partial charge in [-0.3, -0.25) is 0 Å². The molecule has 4 aliphatic heterocycles. The molecule has 4 heterocycles. The minimum atomic E-state index is -0.345. The zero-order valence-corrected chi connectivity index (χ0v) is 15.8. The fourth-order valence-corrected chi connectivity index (χ4v) is 9.72. The maximum atomic E-state index is 11.4. The van der Waals surface area contributed by atoms with Crippen LogP contribution in [0, 0.1) is 34.0 Å². The molecule has 4 saturated heterocycles. The summed E-state index contributed by atoms with van der Waals surface area (Å²) >= 11 is 0. The van der Waals surface area contributed by atoms with Crippen molar-refractivity contribution >= 4 is 0 Å². The Morgan fingerprint density at radius 1 is 1.12 bits per heavy atom. The lowest BCUT2D eigenvalue weighted by Crippen LogP contribution is -2.83. The summed E-state index contributed by atoms with van der Waals surface area (Å²) in [7, 11) is 0. The molecule has 2 spiro atoms. The summed E-state index contributed by atoms with van der Waals surface area (Å²) in [4.78, 5) is 2.60. The smallest absolute Gasteiger partial charge is 0.119 e. The number of fused-ring (bicyclic) bond motifs is 4. The second-order valence-electron chi connectivity index (χ2n) is 10.8. The van der Waals surface area contributed by atoms with E-state index in [1.807, 2.05) is 0 Å². The van der Waals surface area contributed by atoms with Crippen molar-refractivity contribution < 1.29 is 14.6 Å². The first-order valence-corrected chi connectivity index (χ1v) is 10.9. The van der Waals surface area contributed by atoms with Gasteiger partial charge in [-0.2, -0.15) is 0 Å². The van der Waals surface area contributed by atoms with Gasteiger partial charge in [0.2, 0.25) is 0 Å². The van der Waals surface area contributed by atoms with Crippen molar-refractivity contribution in [2.75, 3.05) is 13.2 Å². The fourth-order valence-electron chi connectivity index (χ4n) is 9.72. The van der Waals surface area contributed by atoms with Gasteiger partial charge in [0.25, 0.3) is 0 Å². The fraction of sp³-hybridized carbons (Fsp3) is 0.909. The molecule has 0 aromatic carbocycles. The van der Waals surface area contributed by atoms with Crippen molar-refractivity contribution in [3.05, 3.63) is 12.2 Å². The minimum absolute atomic E-state index is 0.0511. The molecule has 142 valence electrons. The van der Waals surface area contributed by atoms with Crippen LogP contribution in [0.1, 0.15) is 51.9 Å². The van der Waals surface area contributed by atoms with Crippen LogP contribution >= 0.6 is 0 Å². The van der Waals surface area contributed by atoms with Gasteiger partial charge in [-0.25, -0.2) is 4.90 Å². The van der Waals surface area contributed by atoms with E-state index < -0.39 is 0 Å². The first-order chi connectivity index (χ1) is 12.5. The van der Waals surface area contributed by atoms with Crippen molar-refractivity contribution in [3.63, 3.8) is 0 Å². The lowest BCUT2D eigenvalue weighted by molar-refractivity contribution is -0.422. The highest BCUT2D eigenvalue weighted by atomic mass is 16.6. The van der Waals surface area contributed by atoms with Crippen LogP contribution in [0.4, 0.5) is 0 Å². The maximum Gasteiger partial charge on any atom is 0.119 e. The van der Waals surface area contributed by atoms with E-state index in [0.717, 1.165) is 31.6 Å². The maximum absolute atomic E-state index is 11.4. The van der Waals surface area contributed by atoms with E-state index in [1.165, 1.54) is 32.1 Å². The highest BCUT2D eigenvalue weighted by molar-refractivity contribution is 5.32. The second kappa shape index (κ2) is 4.42. The van der Waals surface area contributed by atoms with Gasteiger partial charge in [0.1, 0.15) is 12.5 Å². The molecule has 10 unspecified atom stereocenters. The van der Waals surface area contributed by atoms with Gasteiger partial charge in [-0.15, -0.1) is 0 Å². The first kappa shape index (κ1) is 15.5. The third-order valence-electron chi connectivity index (χ3n) is 10.5. The van der Waals surface area contributed by atoms with Crippen molar-refractivity contribution in [2.24, 2.45) is 34.0 Å². The van der Waals surface area contributed by atoms with Crippen LogP contribution in [0.25, 0.3) is 0 Å². The Morgan fingerprint density at radius 2 is 2.00 bits per heavy atom. The van der Waals surface area contributed by atoms with Crippen LogP contribution in [0.3, 0.4) is 0 Å². The third kappa shape index (κ3) is 1.32. The number of nitrogens with zero attached hydrogens (tertiary/aromatic N) is 1. The summed E-state index contributed by atoms with van der Waals surface area (Å²) in [5.74, 6) is 1.84. The van der Waals surface area contributed by atoms with Crippen molar-refractivity contribution in [2.45, 2.75) is 76.5 Å². The van der Waals surface area contributed by atoms with E-state index in [4.69, 9.17) is 9.47 Å². The summed E-state index contributed by atoms with van der Waals surface area (Å²) in [5.41, 5.74) is 1.55. The molecular weight excluding hydrogens is 326 g/mol. The molecule has 7 bridgehead atoms. The SMILES string of the molecule is C=C1C2CCC3(C4CC5C6(C)CCCC5(C(O4)N4CCOC46)C3C2)C1O. The summed E-state index contributed by atoms with van der Waals surface area (Å²) in [5, 5.41) is 11.4. The molecule has 10 atom stereocenters. The van der Waals surface area contributed by atoms with E-state index >= 15 is 0 Å². The molecule has 5 aliphatic carbocycles. The minimum Gasteiger partial charge on any atom is -0.388 e. The summed E-state index contributed by atoms with van der Waals surface area (Å²) in [6.07, 6.45) is 8.94. The molecule has 0 aromatic heterocycles. The van der Waals surface area contributed by atoms with Gasteiger partial charge in [0, 0.05) is 22.8 Å². The van der Waals surface area contributed by atoms with E-state index in [0.29, 0.717) is 17.8 Å². The first-order valence-electron chi connectivity index (χ1n) is 10.9. The van der Waals surface area contributed by atoms with Gasteiger partial charge in [-0.1, -0.05) is 19.9 Å². The molecule has 4 nitrogen and oxygen atoms in total. The summed E-state index contributed by atoms with van der Waals surface area (Å²) in [6, 6.07) is 0. The largest absolute Gasteiger partial charge is 0.388 e. The lowest BCUT2D eigenvalue weighted by Gasteiger charge is -2.80. The van der Waals surface area contributed by atoms with Gasteiger partial charge in [0.15, 0.2) is 0 Å². The van der Waals surface area contributed by atoms with Crippen molar-refractivity contribution in [1.82, 2.24) is 4.90 Å². The van der Waals surface area contributed by atoms with Crippen molar-refractivity contribution in [3.8, 4) is 0 Å². The van der Waals surface area contributed by atoms with Crippen LogP contribution in [0.5, 0.6) is 0 Å². The average molecular weight is 357 g/mol. The Hall–Kier alpha value is -0.420. The number of hydrogen-bond donors (Lipinski definition) is 1. The third-order valence-corrected chi connectivity index (χ3v) is 10.5. The van der Waals surface area contributed by atoms with Crippen molar-refractivity contribution in [1.29, 1.82) is 0 Å². The second-order valence-corrected chi connectivity index (χ2v) is 10.8. The number of hydrogen-bond acceptors (Lipinski definition) is 4. The molecule has 0 amide bonds. The number of ether oxygens (including phenoxy) is 2. The van der Waals surface area contributed by atoms with Crippen LogP contribution in [-0.4, -0.2) is 47.8 Å². The molecule has 9 aliphatic rings. The molecule has 9 fully saturated rings. The van der Waals surface area contributed by atoms with Gasteiger partial charge < -0.3 is 14.6 Å². The number of aliphatic hydroxyl groups is 1. The predicted octanol–water partition coefficient (Wildman–Crippen LogP) is 2.91. The summed E-state index contributed by atoms with van der Waals surface area (Å²) < 4.78 is 13.2. The number of aliphatic hydroxyl groups excluding tert-OH is 1. The Balaban J connectivity index is 1.45. The van der Waals surface area contributed by atoms with Gasteiger partial charge >= 0.3 is 0 Å². The summed E-state index contributed by atoms with van der Waals surface area (Å²) in [6.45, 7) is 8.71. The predicted molar refractivity (Wildman–Crippen MR) is 96.0 cm³/mol. The van der Waals surface area contributed by atoms with Crippen LogP contribution < -0.4 is 0 Å². The molecule has 0 radical (unpaired) electrons. The molecule has 26 heavy (non-hydrogen) atoms. The van der Waals surface area contributed by atoms with Crippen LogP contribution in [-0.2, 0) is 9.47 Å².